The largest absolute Gasteiger partial charge is 0.458 e. The van der Waals surface area contributed by atoms with Gasteiger partial charge in [0.25, 0.3) is 6.71 Å². The second kappa shape index (κ2) is 8.31. The Balaban J connectivity index is 1.48. The maximum absolute atomic E-state index is 6.66. The highest BCUT2D eigenvalue weighted by atomic mass is 16.5. The lowest BCUT2D eigenvalue weighted by Gasteiger charge is -2.35. The number of rotatable bonds is 3. The molecule has 0 spiro atoms. The number of anilines is 3. The van der Waals surface area contributed by atoms with Crippen molar-refractivity contribution in [2.75, 3.05) is 4.90 Å². The van der Waals surface area contributed by atoms with Crippen LogP contribution in [0.4, 0.5) is 17.1 Å². The Hall–Kier alpha value is -4.44. The first-order valence-corrected chi connectivity index (χ1v) is 12.7. The molecule has 7 rings (SSSR count). The smallest absolute Gasteiger partial charge is 0.260 e. The van der Waals surface area contributed by atoms with Gasteiger partial charge < -0.3 is 14.4 Å². The summed E-state index contributed by atoms with van der Waals surface area (Å²) in [4.78, 5) is 2.25. The third-order valence-electron chi connectivity index (χ3n) is 7.52. The summed E-state index contributed by atoms with van der Waals surface area (Å²) < 4.78 is 13.3. The van der Waals surface area contributed by atoms with Crippen molar-refractivity contribution in [3.8, 4) is 23.0 Å². The Kier molecular flexibility index (Phi) is 4.90. The molecule has 0 bridgehead atoms. The van der Waals surface area contributed by atoms with Gasteiger partial charge in [0, 0.05) is 29.0 Å². The first-order chi connectivity index (χ1) is 18.1. The van der Waals surface area contributed by atoms with Gasteiger partial charge in [-0.2, -0.15) is 0 Å². The molecule has 0 unspecified atom stereocenters. The zero-order chi connectivity index (χ0) is 25.1. The molecular formula is C33H26BNO2. The average Bonchev–Trinajstić information content (AvgIpc) is 2.91. The maximum atomic E-state index is 6.66. The molecule has 0 saturated carbocycles. The number of nitrogens with zero attached hydrogens (tertiary/aromatic N) is 1. The van der Waals surface area contributed by atoms with E-state index in [1.165, 1.54) is 27.6 Å². The van der Waals surface area contributed by atoms with Crippen LogP contribution in [0.15, 0.2) is 103 Å². The third-order valence-corrected chi connectivity index (χ3v) is 7.52. The molecule has 0 atom stereocenters. The second-order valence-corrected chi connectivity index (χ2v) is 10.0. The van der Waals surface area contributed by atoms with Gasteiger partial charge in [-0.1, -0.05) is 60.2 Å². The highest BCUT2D eigenvalue weighted by Gasteiger charge is 2.41. The fraction of sp³-hybridized carbons (Fsp3) is 0.0909. The molecule has 0 N–H and O–H groups in total. The Labute approximate surface area is 218 Å². The van der Waals surface area contributed by atoms with E-state index in [1.54, 1.807) is 0 Å². The number of hydrogen-bond donors (Lipinski definition) is 0. The fourth-order valence-electron chi connectivity index (χ4n) is 5.60. The normalized spacial score (nSPS) is 12.6. The summed E-state index contributed by atoms with van der Waals surface area (Å²) in [5.74, 6) is 3.51. The highest BCUT2D eigenvalue weighted by Crippen LogP contribution is 2.42. The number of hydrogen-bond acceptors (Lipinski definition) is 3. The third kappa shape index (κ3) is 3.52. The fourth-order valence-corrected chi connectivity index (χ4v) is 5.60. The average molecular weight is 479 g/mol. The van der Waals surface area contributed by atoms with E-state index >= 15 is 0 Å². The van der Waals surface area contributed by atoms with Crippen molar-refractivity contribution in [1.82, 2.24) is 0 Å². The van der Waals surface area contributed by atoms with E-state index in [1.807, 2.05) is 12.1 Å². The monoisotopic (exact) mass is 479 g/mol. The molecule has 2 heterocycles. The molecule has 5 aromatic rings. The van der Waals surface area contributed by atoms with E-state index in [2.05, 4.69) is 117 Å². The van der Waals surface area contributed by atoms with Crippen LogP contribution in [-0.4, -0.2) is 6.71 Å². The van der Waals surface area contributed by atoms with Crippen molar-refractivity contribution >= 4 is 40.2 Å². The summed E-state index contributed by atoms with van der Waals surface area (Å²) in [5.41, 5.74) is 10.3. The minimum absolute atomic E-state index is 0.0626. The van der Waals surface area contributed by atoms with Gasteiger partial charge in [-0.25, -0.2) is 0 Å². The van der Waals surface area contributed by atoms with E-state index in [0.29, 0.717) is 0 Å². The van der Waals surface area contributed by atoms with Crippen LogP contribution in [0.25, 0.3) is 0 Å². The van der Waals surface area contributed by atoms with Crippen LogP contribution in [0.3, 0.4) is 0 Å². The van der Waals surface area contributed by atoms with Crippen LogP contribution in [-0.2, 0) is 0 Å². The highest BCUT2D eigenvalue weighted by molar-refractivity contribution is 6.98. The Morgan fingerprint density at radius 3 is 1.73 bits per heavy atom. The Bertz CT molecular complexity index is 1620. The van der Waals surface area contributed by atoms with E-state index in [9.17, 15) is 0 Å². The molecule has 0 radical (unpaired) electrons. The maximum Gasteiger partial charge on any atom is 0.260 e. The quantitative estimate of drug-likeness (QED) is 0.260. The Morgan fingerprint density at radius 1 is 0.514 bits per heavy atom. The first-order valence-electron chi connectivity index (χ1n) is 12.7. The van der Waals surface area contributed by atoms with E-state index in [-0.39, 0.29) is 6.71 Å². The summed E-state index contributed by atoms with van der Waals surface area (Å²) in [6, 6.07) is 36.1. The van der Waals surface area contributed by atoms with Gasteiger partial charge in [0.15, 0.2) is 0 Å². The zero-order valence-corrected chi connectivity index (χ0v) is 21.2. The van der Waals surface area contributed by atoms with Gasteiger partial charge in [0.1, 0.15) is 23.0 Å². The summed E-state index contributed by atoms with van der Waals surface area (Å²) in [7, 11) is 0. The van der Waals surface area contributed by atoms with Crippen LogP contribution < -0.4 is 30.8 Å². The number of benzene rings is 5. The van der Waals surface area contributed by atoms with Gasteiger partial charge in [-0.05, 0) is 79.2 Å². The van der Waals surface area contributed by atoms with Crippen LogP contribution in [0.1, 0.15) is 16.7 Å². The topological polar surface area (TPSA) is 21.7 Å². The van der Waals surface area contributed by atoms with Crippen LogP contribution >= 0.6 is 0 Å². The van der Waals surface area contributed by atoms with Gasteiger partial charge in [-0.15, -0.1) is 0 Å². The molecule has 0 aliphatic carbocycles. The van der Waals surface area contributed by atoms with Crippen molar-refractivity contribution in [3.63, 3.8) is 0 Å². The van der Waals surface area contributed by atoms with Crippen molar-refractivity contribution in [1.29, 1.82) is 0 Å². The van der Waals surface area contributed by atoms with E-state index in [0.717, 1.165) is 45.5 Å². The SMILES string of the molecule is Cc1ccc2c(c1)B1c3cc(C)c(C)cc3Oc3cc(N(c4ccccc4)c4ccccc4)cc(c31)O2. The van der Waals surface area contributed by atoms with Crippen molar-refractivity contribution < 1.29 is 9.47 Å². The number of ether oxygens (including phenoxy) is 2. The molecule has 0 fully saturated rings. The number of para-hydroxylation sites is 2. The molecule has 2 aliphatic heterocycles. The van der Waals surface area contributed by atoms with Gasteiger partial charge in [0.05, 0.1) is 5.69 Å². The van der Waals surface area contributed by atoms with Crippen molar-refractivity contribution in [2.45, 2.75) is 20.8 Å². The molecule has 0 aromatic heterocycles. The van der Waals surface area contributed by atoms with Crippen LogP contribution in [0.2, 0.25) is 0 Å². The molecular weight excluding hydrogens is 453 g/mol. The van der Waals surface area contributed by atoms with Gasteiger partial charge in [-0.3, -0.25) is 0 Å². The molecule has 178 valence electrons. The first kappa shape index (κ1) is 21.8. The van der Waals surface area contributed by atoms with E-state index < -0.39 is 0 Å². The lowest BCUT2D eigenvalue weighted by molar-refractivity contribution is 0.464. The summed E-state index contributed by atoms with van der Waals surface area (Å²) in [5, 5.41) is 0. The summed E-state index contributed by atoms with van der Waals surface area (Å²) in [6.07, 6.45) is 0. The molecule has 37 heavy (non-hydrogen) atoms. The lowest BCUT2D eigenvalue weighted by atomic mass is 9.34. The predicted octanol–water partition coefficient (Wildman–Crippen LogP) is 6.81. The minimum Gasteiger partial charge on any atom is -0.458 e. The van der Waals surface area contributed by atoms with E-state index in [4.69, 9.17) is 9.47 Å². The standard InChI is InChI=1S/C33H26BNO2/c1-21-14-15-29-27(16-21)34-28-17-22(2)23(3)18-30(28)37-32-20-26(19-31(36-29)33(32)34)35(24-10-6-4-7-11-24)25-12-8-5-9-13-25/h4-20H,1-3H3. The summed E-state index contributed by atoms with van der Waals surface area (Å²) >= 11 is 0. The predicted molar refractivity (Wildman–Crippen MR) is 153 cm³/mol. The molecule has 5 aromatic carbocycles. The number of fused-ring (bicyclic) bond motifs is 4. The van der Waals surface area contributed by atoms with Gasteiger partial charge >= 0.3 is 0 Å². The lowest BCUT2D eigenvalue weighted by Crippen LogP contribution is -2.57. The molecule has 3 nitrogen and oxygen atoms in total. The zero-order valence-electron chi connectivity index (χ0n) is 21.2. The Morgan fingerprint density at radius 2 is 1.08 bits per heavy atom. The molecule has 0 amide bonds. The molecule has 0 saturated heterocycles. The summed E-state index contributed by atoms with van der Waals surface area (Å²) in [6.45, 7) is 6.51. The van der Waals surface area contributed by atoms with Crippen LogP contribution in [0.5, 0.6) is 23.0 Å². The van der Waals surface area contributed by atoms with Gasteiger partial charge in [0.2, 0.25) is 0 Å². The molecule has 4 heteroatoms. The molecule has 2 aliphatic rings. The number of aryl methyl sites for hydroxylation is 3. The van der Waals surface area contributed by atoms with Crippen molar-refractivity contribution in [3.05, 3.63) is 120 Å². The minimum atomic E-state index is 0.0626. The van der Waals surface area contributed by atoms with Crippen molar-refractivity contribution in [2.24, 2.45) is 0 Å². The second-order valence-electron chi connectivity index (χ2n) is 10.0. The van der Waals surface area contributed by atoms with Crippen LogP contribution in [0, 0.1) is 20.8 Å².